The lowest BCUT2D eigenvalue weighted by Gasteiger charge is -2.15. The maximum absolute atomic E-state index is 2.32. The van der Waals surface area contributed by atoms with Gasteiger partial charge < -0.3 is 0 Å². The fraction of sp³-hybridized carbons (Fsp3) is 0.647. The SMILES string of the molecule is CCCCCCCc1c(C)c(C)cc(C)c1C. The van der Waals surface area contributed by atoms with Crippen LogP contribution in [0, 0.1) is 27.7 Å². The van der Waals surface area contributed by atoms with Crippen LogP contribution >= 0.6 is 0 Å². The minimum absolute atomic E-state index is 1.27. The summed E-state index contributed by atoms with van der Waals surface area (Å²) in [5.74, 6) is 0. The molecule has 0 amide bonds. The predicted molar refractivity (Wildman–Crippen MR) is 77.9 cm³/mol. The first-order valence-corrected chi connectivity index (χ1v) is 7.14. The third-order valence-corrected chi connectivity index (χ3v) is 4.05. The highest BCUT2D eigenvalue weighted by atomic mass is 14.1. The lowest BCUT2D eigenvalue weighted by atomic mass is 9.91. The summed E-state index contributed by atoms with van der Waals surface area (Å²) in [4.78, 5) is 0. The Balaban J connectivity index is 2.64. The molecule has 0 aliphatic heterocycles. The molecule has 0 unspecified atom stereocenters. The van der Waals surface area contributed by atoms with Crippen LogP contribution in [0.15, 0.2) is 6.07 Å². The summed E-state index contributed by atoms with van der Waals surface area (Å²) in [6.45, 7) is 11.3. The molecule has 0 spiro atoms. The van der Waals surface area contributed by atoms with Crippen LogP contribution in [0.1, 0.15) is 66.8 Å². The molecule has 0 saturated carbocycles. The van der Waals surface area contributed by atoms with E-state index in [-0.39, 0.29) is 0 Å². The van der Waals surface area contributed by atoms with Gasteiger partial charge in [0, 0.05) is 0 Å². The van der Waals surface area contributed by atoms with Crippen LogP contribution in [0.4, 0.5) is 0 Å². The minimum Gasteiger partial charge on any atom is -0.0654 e. The highest BCUT2D eigenvalue weighted by molar-refractivity contribution is 5.43. The molecule has 0 nitrogen and oxygen atoms in total. The van der Waals surface area contributed by atoms with Gasteiger partial charge in [0.1, 0.15) is 0 Å². The second-order valence-corrected chi connectivity index (χ2v) is 5.40. The molecule has 0 fully saturated rings. The first-order valence-electron chi connectivity index (χ1n) is 7.14. The van der Waals surface area contributed by atoms with Crippen LogP contribution in [0.2, 0.25) is 0 Å². The van der Waals surface area contributed by atoms with Crippen molar-refractivity contribution >= 4 is 0 Å². The minimum atomic E-state index is 1.27. The smallest absolute Gasteiger partial charge is 0.0273 e. The van der Waals surface area contributed by atoms with E-state index in [9.17, 15) is 0 Å². The van der Waals surface area contributed by atoms with E-state index in [4.69, 9.17) is 0 Å². The summed E-state index contributed by atoms with van der Waals surface area (Å²) in [5.41, 5.74) is 7.56. The van der Waals surface area contributed by atoms with Gasteiger partial charge in [-0.05, 0) is 68.4 Å². The zero-order valence-electron chi connectivity index (χ0n) is 12.3. The fourth-order valence-electron chi connectivity index (χ4n) is 2.58. The van der Waals surface area contributed by atoms with Gasteiger partial charge in [-0.2, -0.15) is 0 Å². The van der Waals surface area contributed by atoms with Crippen molar-refractivity contribution < 1.29 is 0 Å². The Hall–Kier alpha value is -0.780. The van der Waals surface area contributed by atoms with E-state index in [2.05, 4.69) is 40.7 Å². The molecule has 0 bridgehead atoms. The molecule has 0 aromatic heterocycles. The predicted octanol–water partition coefficient (Wildman–Crippen LogP) is 5.43. The Kier molecular flexibility index (Phi) is 5.74. The van der Waals surface area contributed by atoms with Crippen LogP contribution in [0.3, 0.4) is 0 Å². The van der Waals surface area contributed by atoms with E-state index in [0.29, 0.717) is 0 Å². The van der Waals surface area contributed by atoms with Crippen molar-refractivity contribution in [3.63, 3.8) is 0 Å². The Bertz CT molecular complexity index is 335. The summed E-state index contributed by atoms with van der Waals surface area (Å²) < 4.78 is 0. The van der Waals surface area contributed by atoms with Gasteiger partial charge in [0.15, 0.2) is 0 Å². The number of aryl methyl sites for hydroxylation is 2. The Morgan fingerprint density at radius 1 is 0.765 bits per heavy atom. The largest absolute Gasteiger partial charge is 0.0654 e. The number of hydrogen-bond acceptors (Lipinski definition) is 0. The number of hydrogen-bond donors (Lipinski definition) is 0. The summed E-state index contributed by atoms with van der Waals surface area (Å²) in [6.07, 6.45) is 8.14. The highest BCUT2D eigenvalue weighted by Gasteiger charge is 2.07. The summed E-state index contributed by atoms with van der Waals surface area (Å²) >= 11 is 0. The number of unbranched alkanes of at least 4 members (excludes halogenated alkanes) is 4. The monoisotopic (exact) mass is 232 g/mol. The first-order chi connectivity index (χ1) is 8.07. The van der Waals surface area contributed by atoms with Crippen molar-refractivity contribution in [1.29, 1.82) is 0 Å². The maximum Gasteiger partial charge on any atom is -0.0273 e. The molecular weight excluding hydrogens is 204 g/mol. The van der Waals surface area contributed by atoms with Crippen LogP contribution in [-0.4, -0.2) is 0 Å². The van der Waals surface area contributed by atoms with E-state index in [1.807, 2.05) is 0 Å². The second-order valence-electron chi connectivity index (χ2n) is 5.40. The molecule has 17 heavy (non-hydrogen) atoms. The van der Waals surface area contributed by atoms with Crippen molar-refractivity contribution in [3.8, 4) is 0 Å². The van der Waals surface area contributed by atoms with Crippen molar-refractivity contribution in [3.05, 3.63) is 33.9 Å². The molecule has 0 aliphatic rings. The highest BCUT2D eigenvalue weighted by Crippen LogP contribution is 2.23. The topological polar surface area (TPSA) is 0 Å². The van der Waals surface area contributed by atoms with Crippen molar-refractivity contribution in [2.45, 2.75) is 73.1 Å². The molecule has 1 aromatic carbocycles. The van der Waals surface area contributed by atoms with Gasteiger partial charge in [0.2, 0.25) is 0 Å². The molecule has 0 saturated heterocycles. The Morgan fingerprint density at radius 3 is 1.82 bits per heavy atom. The average Bonchev–Trinajstić information content (AvgIpc) is 2.30. The van der Waals surface area contributed by atoms with E-state index >= 15 is 0 Å². The third-order valence-electron chi connectivity index (χ3n) is 4.05. The maximum atomic E-state index is 2.32. The number of rotatable bonds is 6. The molecule has 0 atom stereocenters. The van der Waals surface area contributed by atoms with Crippen LogP contribution in [-0.2, 0) is 6.42 Å². The molecule has 0 heterocycles. The average molecular weight is 232 g/mol. The van der Waals surface area contributed by atoms with Crippen LogP contribution < -0.4 is 0 Å². The molecule has 1 aromatic rings. The summed E-state index contributed by atoms with van der Waals surface area (Å²) in [7, 11) is 0. The molecule has 0 heteroatoms. The zero-order chi connectivity index (χ0) is 12.8. The molecule has 1 rings (SSSR count). The van der Waals surface area contributed by atoms with Crippen molar-refractivity contribution in [2.75, 3.05) is 0 Å². The number of benzene rings is 1. The standard InChI is InChI=1S/C17H28/c1-6-7-8-9-10-11-17-15(4)13(2)12-14(3)16(17)5/h12H,6-11H2,1-5H3. The van der Waals surface area contributed by atoms with Gasteiger partial charge in [0.25, 0.3) is 0 Å². The van der Waals surface area contributed by atoms with E-state index in [1.165, 1.54) is 60.8 Å². The van der Waals surface area contributed by atoms with E-state index in [0.717, 1.165) is 0 Å². The van der Waals surface area contributed by atoms with Crippen molar-refractivity contribution in [2.24, 2.45) is 0 Å². The Labute approximate surface area is 107 Å². The normalized spacial score (nSPS) is 10.9. The first kappa shape index (κ1) is 14.3. The lowest BCUT2D eigenvalue weighted by molar-refractivity contribution is 0.630. The van der Waals surface area contributed by atoms with Crippen LogP contribution in [0.5, 0.6) is 0 Å². The molecular formula is C17H28. The van der Waals surface area contributed by atoms with Gasteiger partial charge >= 0.3 is 0 Å². The lowest BCUT2D eigenvalue weighted by Crippen LogP contribution is -1.99. The Morgan fingerprint density at radius 2 is 1.29 bits per heavy atom. The molecule has 0 radical (unpaired) electrons. The second kappa shape index (κ2) is 6.83. The van der Waals surface area contributed by atoms with E-state index in [1.54, 1.807) is 5.56 Å². The molecule has 0 N–H and O–H groups in total. The fourth-order valence-corrected chi connectivity index (χ4v) is 2.58. The van der Waals surface area contributed by atoms with Gasteiger partial charge in [-0.15, -0.1) is 0 Å². The summed E-state index contributed by atoms with van der Waals surface area (Å²) in [5, 5.41) is 0. The zero-order valence-corrected chi connectivity index (χ0v) is 12.3. The van der Waals surface area contributed by atoms with E-state index < -0.39 is 0 Å². The molecule has 0 aliphatic carbocycles. The third kappa shape index (κ3) is 3.87. The molecule has 96 valence electrons. The van der Waals surface area contributed by atoms with Gasteiger partial charge in [-0.1, -0.05) is 38.7 Å². The summed E-state index contributed by atoms with van der Waals surface area (Å²) in [6, 6.07) is 2.32. The van der Waals surface area contributed by atoms with Gasteiger partial charge in [-0.25, -0.2) is 0 Å². The van der Waals surface area contributed by atoms with Crippen LogP contribution in [0.25, 0.3) is 0 Å². The van der Waals surface area contributed by atoms with Crippen molar-refractivity contribution in [1.82, 2.24) is 0 Å². The quantitative estimate of drug-likeness (QED) is 0.573. The van der Waals surface area contributed by atoms with Gasteiger partial charge in [-0.3, -0.25) is 0 Å². The van der Waals surface area contributed by atoms with Gasteiger partial charge in [0.05, 0.1) is 0 Å².